The number of nitrogens with one attached hydrogen (secondary N) is 3. The molecule has 9 heteroatoms. The second-order valence-corrected chi connectivity index (χ2v) is 6.22. The molecule has 0 spiro atoms. The molecule has 8 nitrogen and oxygen atoms in total. The largest absolute Gasteiger partial charge is 0.374 e. The van der Waals surface area contributed by atoms with E-state index in [2.05, 4.69) is 25.3 Å². The van der Waals surface area contributed by atoms with Gasteiger partial charge in [-0.1, -0.05) is 0 Å². The molecule has 120 valence electrons. The van der Waals surface area contributed by atoms with Crippen molar-refractivity contribution in [3.05, 3.63) is 11.9 Å². The molecule has 0 saturated carbocycles. The highest BCUT2D eigenvalue weighted by Gasteiger charge is 2.08. The van der Waals surface area contributed by atoms with Crippen molar-refractivity contribution in [3.63, 3.8) is 0 Å². The first-order valence-electron chi connectivity index (χ1n) is 6.85. The van der Waals surface area contributed by atoms with Crippen molar-refractivity contribution in [2.24, 2.45) is 0 Å². The minimum Gasteiger partial charge on any atom is -0.374 e. The third-order valence-electron chi connectivity index (χ3n) is 2.55. The average molecular weight is 317 g/mol. The Morgan fingerprint density at radius 1 is 1.19 bits per heavy atom. The van der Waals surface area contributed by atoms with Crippen molar-refractivity contribution in [2.75, 3.05) is 43.1 Å². The van der Waals surface area contributed by atoms with E-state index in [0.29, 0.717) is 30.7 Å². The summed E-state index contributed by atoms with van der Waals surface area (Å²) in [5, 5.41) is 6.09. The number of hydrogen-bond acceptors (Lipinski definition) is 7. The Morgan fingerprint density at radius 2 is 1.86 bits per heavy atom. The summed E-state index contributed by atoms with van der Waals surface area (Å²) in [5.74, 6) is 1.78. The van der Waals surface area contributed by atoms with Gasteiger partial charge in [0, 0.05) is 25.8 Å². The van der Waals surface area contributed by atoms with E-state index >= 15 is 0 Å². The van der Waals surface area contributed by atoms with Gasteiger partial charge < -0.3 is 15.4 Å². The van der Waals surface area contributed by atoms with Crippen LogP contribution >= 0.6 is 0 Å². The van der Waals surface area contributed by atoms with Gasteiger partial charge in [0.25, 0.3) is 0 Å². The van der Waals surface area contributed by atoms with Crippen LogP contribution in [0.2, 0.25) is 0 Å². The first-order chi connectivity index (χ1) is 10.0. The minimum absolute atomic E-state index is 0.0230. The van der Waals surface area contributed by atoms with Gasteiger partial charge in [0.15, 0.2) is 5.82 Å². The molecular weight excluding hydrogens is 294 g/mol. The van der Waals surface area contributed by atoms with Crippen LogP contribution in [0.1, 0.15) is 19.7 Å². The molecule has 0 bridgehead atoms. The fourth-order valence-corrected chi connectivity index (χ4v) is 2.11. The molecule has 0 aliphatic carbocycles. The van der Waals surface area contributed by atoms with Crippen LogP contribution in [0.25, 0.3) is 0 Å². The van der Waals surface area contributed by atoms with E-state index in [4.69, 9.17) is 4.74 Å². The van der Waals surface area contributed by atoms with Gasteiger partial charge in [0.05, 0.1) is 5.75 Å². The molecule has 0 unspecified atom stereocenters. The van der Waals surface area contributed by atoms with E-state index in [1.165, 1.54) is 7.05 Å². The standard InChI is InChI=1S/C12H23N5O3S/c1-4-14-10-8-11(15-6-7-21(18,19)13-3)17-12(16-10)9-20-5-2/h8,13H,4-7,9H2,1-3H3,(H2,14,15,16,17). The Kier molecular flexibility index (Phi) is 7.34. The van der Waals surface area contributed by atoms with E-state index in [0.717, 1.165) is 6.54 Å². The number of hydrogen-bond donors (Lipinski definition) is 3. The highest BCUT2D eigenvalue weighted by molar-refractivity contribution is 7.89. The number of rotatable bonds is 10. The van der Waals surface area contributed by atoms with E-state index < -0.39 is 10.0 Å². The maximum absolute atomic E-state index is 11.4. The summed E-state index contributed by atoms with van der Waals surface area (Å²) >= 11 is 0. The summed E-state index contributed by atoms with van der Waals surface area (Å²) in [4.78, 5) is 8.61. The lowest BCUT2D eigenvalue weighted by molar-refractivity contribution is 0.128. The van der Waals surface area contributed by atoms with E-state index in [1.807, 2.05) is 13.8 Å². The van der Waals surface area contributed by atoms with Gasteiger partial charge in [-0.3, -0.25) is 0 Å². The van der Waals surface area contributed by atoms with Crippen LogP contribution in [0.4, 0.5) is 11.6 Å². The third kappa shape index (κ3) is 6.69. The van der Waals surface area contributed by atoms with Gasteiger partial charge in [0.1, 0.15) is 18.2 Å². The first-order valence-corrected chi connectivity index (χ1v) is 8.50. The molecule has 1 heterocycles. The van der Waals surface area contributed by atoms with E-state index in [-0.39, 0.29) is 12.3 Å². The molecule has 0 saturated heterocycles. The molecule has 21 heavy (non-hydrogen) atoms. The van der Waals surface area contributed by atoms with Crippen LogP contribution in [0.15, 0.2) is 6.07 Å². The maximum atomic E-state index is 11.4. The zero-order valence-corrected chi connectivity index (χ0v) is 13.5. The highest BCUT2D eigenvalue weighted by Crippen LogP contribution is 2.12. The molecule has 1 rings (SSSR count). The number of aromatic nitrogens is 2. The van der Waals surface area contributed by atoms with Crippen LogP contribution in [0, 0.1) is 0 Å². The molecule has 3 N–H and O–H groups in total. The molecular formula is C12H23N5O3S. The lowest BCUT2D eigenvalue weighted by atomic mass is 10.4. The van der Waals surface area contributed by atoms with Gasteiger partial charge in [-0.2, -0.15) is 0 Å². The summed E-state index contributed by atoms with van der Waals surface area (Å²) in [5.41, 5.74) is 0. The predicted octanol–water partition coefficient (Wildman–Crippen LogP) is 0.406. The van der Waals surface area contributed by atoms with E-state index in [1.54, 1.807) is 6.07 Å². The van der Waals surface area contributed by atoms with Crippen LogP contribution in [0.5, 0.6) is 0 Å². The molecule has 0 aliphatic heterocycles. The SMILES string of the molecule is CCNc1cc(NCCS(=O)(=O)NC)nc(COCC)n1. The van der Waals surface area contributed by atoms with Gasteiger partial charge in [0.2, 0.25) is 10.0 Å². The van der Waals surface area contributed by atoms with Crippen molar-refractivity contribution in [1.82, 2.24) is 14.7 Å². The maximum Gasteiger partial charge on any atom is 0.213 e. The molecule has 0 fully saturated rings. The van der Waals surface area contributed by atoms with Crippen molar-refractivity contribution in [2.45, 2.75) is 20.5 Å². The van der Waals surface area contributed by atoms with Crippen LogP contribution in [0.3, 0.4) is 0 Å². The Morgan fingerprint density at radius 3 is 2.43 bits per heavy atom. The molecule has 0 aliphatic rings. The van der Waals surface area contributed by atoms with Gasteiger partial charge in [-0.25, -0.2) is 23.1 Å². The van der Waals surface area contributed by atoms with Gasteiger partial charge in [-0.05, 0) is 20.9 Å². The number of sulfonamides is 1. The second kappa shape index (κ2) is 8.75. The summed E-state index contributed by atoms with van der Waals surface area (Å²) in [6.45, 7) is 5.77. The summed E-state index contributed by atoms with van der Waals surface area (Å²) in [6, 6.07) is 1.74. The van der Waals surface area contributed by atoms with Crippen LogP contribution in [-0.2, 0) is 21.4 Å². The zero-order valence-electron chi connectivity index (χ0n) is 12.6. The summed E-state index contributed by atoms with van der Waals surface area (Å²) in [7, 11) is -1.84. The smallest absolute Gasteiger partial charge is 0.213 e. The molecule has 0 amide bonds. The summed E-state index contributed by atoms with van der Waals surface area (Å²) < 4.78 is 30.3. The molecule has 0 aromatic carbocycles. The number of nitrogens with zero attached hydrogens (tertiary/aromatic N) is 2. The second-order valence-electron chi connectivity index (χ2n) is 4.17. The normalized spacial score (nSPS) is 11.4. The molecule has 1 aromatic rings. The number of anilines is 2. The van der Waals surface area contributed by atoms with Crippen LogP contribution < -0.4 is 15.4 Å². The zero-order chi connectivity index (χ0) is 15.7. The fraction of sp³-hybridized carbons (Fsp3) is 0.667. The van der Waals surface area contributed by atoms with Crippen LogP contribution in [-0.4, -0.2) is 50.9 Å². The fourth-order valence-electron chi connectivity index (χ4n) is 1.53. The van der Waals surface area contributed by atoms with Gasteiger partial charge in [-0.15, -0.1) is 0 Å². The van der Waals surface area contributed by atoms with Crippen molar-refractivity contribution in [3.8, 4) is 0 Å². The molecule has 0 radical (unpaired) electrons. The lowest BCUT2D eigenvalue weighted by Crippen LogP contribution is -2.26. The Labute approximate surface area is 125 Å². The predicted molar refractivity (Wildman–Crippen MR) is 82.9 cm³/mol. The van der Waals surface area contributed by atoms with Crippen molar-refractivity contribution >= 4 is 21.7 Å². The van der Waals surface area contributed by atoms with E-state index in [9.17, 15) is 8.42 Å². The van der Waals surface area contributed by atoms with Crippen molar-refractivity contribution in [1.29, 1.82) is 0 Å². The van der Waals surface area contributed by atoms with Crippen molar-refractivity contribution < 1.29 is 13.2 Å². The Balaban J connectivity index is 2.72. The van der Waals surface area contributed by atoms with Gasteiger partial charge >= 0.3 is 0 Å². The lowest BCUT2D eigenvalue weighted by Gasteiger charge is -2.10. The average Bonchev–Trinajstić information content (AvgIpc) is 2.45. The quantitative estimate of drug-likeness (QED) is 0.574. The Hall–Kier alpha value is -1.45. The number of ether oxygens (including phenoxy) is 1. The highest BCUT2D eigenvalue weighted by atomic mass is 32.2. The monoisotopic (exact) mass is 317 g/mol. The topological polar surface area (TPSA) is 105 Å². The third-order valence-corrected chi connectivity index (χ3v) is 3.92. The first kappa shape index (κ1) is 17.6. The minimum atomic E-state index is -3.23. The summed E-state index contributed by atoms with van der Waals surface area (Å²) in [6.07, 6.45) is 0. The molecule has 1 aromatic heterocycles. The molecule has 0 atom stereocenters. The Bertz CT molecular complexity index is 536.